The normalized spacial score (nSPS) is 10.8. The van der Waals surface area contributed by atoms with E-state index in [1.54, 1.807) is 36.5 Å². The molecular formula is C19H16N4OS2. The highest BCUT2D eigenvalue weighted by Gasteiger charge is 2.12. The predicted octanol–water partition coefficient (Wildman–Crippen LogP) is 4.69. The summed E-state index contributed by atoms with van der Waals surface area (Å²) < 4.78 is 7.38. The maximum absolute atomic E-state index is 5.44. The van der Waals surface area contributed by atoms with Gasteiger partial charge >= 0.3 is 0 Å². The minimum atomic E-state index is 0.733. The maximum Gasteiger partial charge on any atom is 0.196 e. The van der Waals surface area contributed by atoms with E-state index in [2.05, 4.69) is 27.7 Å². The van der Waals surface area contributed by atoms with Crippen LogP contribution < -0.4 is 4.74 Å². The van der Waals surface area contributed by atoms with E-state index in [0.717, 1.165) is 38.6 Å². The molecule has 0 radical (unpaired) electrons. The molecule has 130 valence electrons. The van der Waals surface area contributed by atoms with E-state index in [1.807, 2.05) is 47.0 Å². The van der Waals surface area contributed by atoms with Crippen LogP contribution in [-0.4, -0.2) is 26.9 Å². The Morgan fingerprint density at radius 1 is 1.08 bits per heavy atom. The lowest BCUT2D eigenvalue weighted by Crippen LogP contribution is -1.98. The SMILES string of the molecule is COc1ccccc1-n1cnnc1SCc1csc(-c2ccccc2)n1. The average molecular weight is 380 g/mol. The van der Waals surface area contributed by atoms with Gasteiger partial charge in [-0.15, -0.1) is 21.5 Å². The summed E-state index contributed by atoms with van der Waals surface area (Å²) in [7, 11) is 1.66. The van der Waals surface area contributed by atoms with E-state index in [1.165, 1.54) is 0 Å². The van der Waals surface area contributed by atoms with Crippen molar-refractivity contribution in [2.45, 2.75) is 10.9 Å². The van der Waals surface area contributed by atoms with Gasteiger partial charge in [0.1, 0.15) is 17.1 Å². The summed E-state index contributed by atoms with van der Waals surface area (Å²) in [6.07, 6.45) is 1.70. The number of benzene rings is 2. The summed E-state index contributed by atoms with van der Waals surface area (Å²) in [5, 5.41) is 12.2. The number of methoxy groups -OCH3 is 1. The van der Waals surface area contributed by atoms with Crippen LogP contribution in [0.1, 0.15) is 5.69 Å². The highest BCUT2D eigenvalue weighted by atomic mass is 32.2. The van der Waals surface area contributed by atoms with Gasteiger partial charge in [0.2, 0.25) is 0 Å². The van der Waals surface area contributed by atoms with Gasteiger partial charge < -0.3 is 4.74 Å². The molecule has 4 rings (SSSR count). The summed E-state index contributed by atoms with van der Waals surface area (Å²) >= 11 is 3.27. The average Bonchev–Trinajstić information content (AvgIpc) is 3.36. The Labute approximate surface area is 159 Å². The van der Waals surface area contributed by atoms with Crippen molar-refractivity contribution in [3.63, 3.8) is 0 Å². The summed E-state index contributed by atoms with van der Waals surface area (Å²) in [5.41, 5.74) is 3.10. The van der Waals surface area contributed by atoms with Crippen molar-refractivity contribution >= 4 is 23.1 Å². The van der Waals surface area contributed by atoms with Gasteiger partial charge in [0.25, 0.3) is 0 Å². The smallest absolute Gasteiger partial charge is 0.196 e. The first-order valence-electron chi connectivity index (χ1n) is 8.01. The second-order valence-corrected chi connectivity index (χ2v) is 7.25. The molecule has 5 nitrogen and oxygen atoms in total. The first-order chi connectivity index (χ1) is 12.8. The Bertz CT molecular complexity index is 997. The zero-order valence-corrected chi connectivity index (χ0v) is 15.7. The van der Waals surface area contributed by atoms with Gasteiger partial charge in [-0.1, -0.05) is 54.2 Å². The molecule has 0 spiro atoms. The summed E-state index contributed by atoms with van der Waals surface area (Å²) in [6, 6.07) is 18.1. The molecule has 26 heavy (non-hydrogen) atoms. The first-order valence-corrected chi connectivity index (χ1v) is 9.87. The summed E-state index contributed by atoms with van der Waals surface area (Å²) in [5.74, 6) is 1.52. The lowest BCUT2D eigenvalue weighted by atomic mass is 10.2. The maximum atomic E-state index is 5.44. The molecular weight excluding hydrogens is 364 g/mol. The van der Waals surface area contributed by atoms with E-state index < -0.39 is 0 Å². The monoisotopic (exact) mass is 380 g/mol. The van der Waals surface area contributed by atoms with E-state index in [4.69, 9.17) is 9.72 Å². The van der Waals surface area contributed by atoms with Crippen LogP contribution in [-0.2, 0) is 5.75 Å². The number of para-hydroxylation sites is 2. The number of hydrogen-bond acceptors (Lipinski definition) is 6. The Kier molecular flexibility index (Phi) is 4.99. The molecule has 0 saturated heterocycles. The molecule has 4 aromatic rings. The molecule has 0 amide bonds. The van der Waals surface area contributed by atoms with Crippen LogP contribution in [0.2, 0.25) is 0 Å². The highest BCUT2D eigenvalue weighted by molar-refractivity contribution is 7.98. The van der Waals surface area contributed by atoms with Crippen molar-refractivity contribution in [2.24, 2.45) is 0 Å². The Hall–Kier alpha value is -2.64. The van der Waals surface area contributed by atoms with Gasteiger partial charge in [0.05, 0.1) is 18.5 Å². The van der Waals surface area contributed by atoms with Crippen LogP contribution in [0.25, 0.3) is 16.3 Å². The third-order valence-electron chi connectivity index (χ3n) is 3.78. The molecule has 0 unspecified atom stereocenters. The third kappa shape index (κ3) is 3.49. The molecule has 0 aliphatic rings. The number of rotatable bonds is 6. The first kappa shape index (κ1) is 16.8. The number of thiazole rings is 1. The zero-order chi connectivity index (χ0) is 17.8. The number of aromatic nitrogens is 4. The van der Waals surface area contributed by atoms with Crippen molar-refractivity contribution in [1.82, 2.24) is 19.7 Å². The fraction of sp³-hybridized carbons (Fsp3) is 0.105. The van der Waals surface area contributed by atoms with Crippen LogP contribution in [0, 0.1) is 0 Å². The number of nitrogens with zero attached hydrogens (tertiary/aromatic N) is 4. The van der Waals surface area contributed by atoms with Crippen molar-refractivity contribution in [3.8, 4) is 22.0 Å². The van der Waals surface area contributed by atoms with Gasteiger partial charge in [-0.3, -0.25) is 4.57 Å². The predicted molar refractivity (Wildman–Crippen MR) is 105 cm³/mol. The largest absolute Gasteiger partial charge is 0.495 e. The van der Waals surface area contributed by atoms with E-state index in [0.29, 0.717) is 0 Å². The van der Waals surface area contributed by atoms with Crippen molar-refractivity contribution in [3.05, 3.63) is 72.0 Å². The Morgan fingerprint density at radius 3 is 2.73 bits per heavy atom. The minimum absolute atomic E-state index is 0.733. The lowest BCUT2D eigenvalue weighted by Gasteiger charge is -2.10. The van der Waals surface area contributed by atoms with Gasteiger partial charge in [-0.25, -0.2) is 4.98 Å². The van der Waals surface area contributed by atoms with Crippen LogP contribution >= 0.6 is 23.1 Å². The zero-order valence-electron chi connectivity index (χ0n) is 14.1. The van der Waals surface area contributed by atoms with E-state index in [9.17, 15) is 0 Å². The molecule has 0 fully saturated rings. The van der Waals surface area contributed by atoms with E-state index in [-0.39, 0.29) is 0 Å². The Balaban J connectivity index is 1.52. The molecule has 0 saturated carbocycles. The Morgan fingerprint density at radius 2 is 1.88 bits per heavy atom. The van der Waals surface area contributed by atoms with Crippen molar-refractivity contribution < 1.29 is 4.74 Å². The molecule has 2 heterocycles. The topological polar surface area (TPSA) is 52.8 Å². The van der Waals surface area contributed by atoms with Crippen LogP contribution in [0.15, 0.2) is 71.5 Å². The molecule has 2 aromatic carbocycles. The van der Waals surface area contributed by atoms with Gasteiger partial charge in [-0.2, -0.15) is 0 Å². The highest BCUT2D eigenvalue weighted by Crippen LogP contribution is 2.30. The van der Waals surface area contributed by atoms with E-state index >= 15 is 0 Å². The van der Waals surface area contributed by atoms with Gasteiger partial charge in [0, 0.05) is 16.7 Å². The van der Waals surface area contributed by atoms with Crippen molar-refractivity contribution in [2.75, 3.05) is 7.11 Å². The summed E-state index contributed by atoms with van der Waals surface area (Å²) in [4.78, 5) is 4.73. The van der Waals surface area contributed by atoms with Crippen LogP contribution in [0.4, 0.5) is 0 Å². The fourth-order valence-corrected chi connectivity index (χ4v) is 4.29. The van der Waals surface area contributed by atoms with Crippen LogP contribution in [0.3, 0.4) is 0 Å². The molecule has 0 N–H and O–H groups in total. The molecule has 2 aromatic heterocycles. The minimum Gasteiger partial charge on any atom is -0.495 e. The van der Waals surface area contributed by atoms with Crippen LogP contribution in [0.5, 0.6) is 5.75 Å². The summed E-state index contributed by atoms with van der Waals surface area (Å²) in [6.45, 7) is 0. The second kappa shape index (κ2) is 7.72. The number of ether oxygens (including phenoxy) is 1. The molecule has 0 aliphatic carbocycles. The number of hydrogen-bond donors (Lipinski definition) is 0. The van der Waals surface area contributed by atoms with Gasteiger partial charge in [-0.05, 0) is 12.1 Å². The van der Waals surface area contributed by atoms with Gasteiger partial charge in [0.15, 0.2) is 5.16 Å². The second-order valence-electron chi connectivity index (χ2n) is 5.45. The lowest BCUT2D eigenvalue weighted by molar-refractivity contribution is 0.412. The quantitative estimate of drug-likeness (QED) is 0.454. The molecule has 0 aliphatic heterocycles. The molecule has 0 bridgehead atoms. The molecule has 0 atom stereocenters. The number of thioether (sulfide) groups is 1. The van der Waals surface area contributed by atoms with Crippen molar-refractivity contribution in [1.29, 1.82) is 0 Å². The molecule has 7 heteroatoms. The fourth-order valence-electron chi connectivity index (χ4n) is 2.54. The standard InChI is InChI=1S/C19H16N4OS2/c1-24-17-10-6-5-9-16(17)23-13-20-22-19(23)26-12-15-11-25-18(21-15)14-7-3-2-4-8-14/h2-11,13H,12H2,1H3. The third-order valence-corrected chi connectivity index (χ3v) is 5.70.